The first-order valence-corrected chi connectivity index (χ1v) is 7.38. The Labute approximate surface area is 123 Å². The lowest BCUT2D eigenvalue weighted by atomic mass is 10.1. The summed E-state index contributed by atoms with van der Waals surface area (Å²) in [6.07, 6.45) is 0. The molecule has 0 spiro atoms. The minimum absolute atomic E-state index is 0.235. The lowest BCUT2D eigenvalue weighted by molar-refractivity contribution is 0.632. The third kappa shape index (κ3) is 2.84. The molecule has 0 aliphatic heterocycles. The van der Waals surface area contributed by atoms with Crippen molar-refractivity contribution in [2.75, 3.05) is 5.32 Å². The van der Waals surface area contributed by atoms with Crippen molar-refractivity contribution in [3.05, 3.63) is 45.7 Å². The summed E-state index contributed by atoms with van der Waals surface area (Å²) in [4.78, 5) is 0. The van der Waals surface area contributed by atoms with Crippen LogP contribution in [0.3, 0.4) is 0 Å². The zero-order valence-electron chi connectivity index (χ0n) is 11.9. The van der Waals surface area contributed by atoms with E-state index in [2.05, 4.69) is 64.8 Å². The molecular formula is C15H20BrN3. The van der Waals surface area contributed by atoms with Gasteiger partial charge >= 0.3 is 0 Å². The average molecular weight is 322 g/mol. The molecule has 0 saturated heterocycles. The molecule has 0 bridgehead atoms. The Morgan fingerprint density at radius 2 is 2.00 bits per heavy atom. The van der Waals surface area contributed by atoms with Crippen molar-refractivity contribution < 1.29 is 0 Å². The minimum atomic E-state index is 0.235. The first-order valence-electron chi connectivity index (χ1n) is 6.59. The Kier molecular flexibility index (Phi) is 4.30. The smallest absolute Gasteiger partial charge is 0.0649 e. The van der Waals surface area contributed by atoms with E-state index in [9.17, 15) is 0 Å². The van der Waals surface area contributed by atoms with Crippen LogP contribution in [0.4, 0.5) is 5.69 Å². The number of nitrogens with one attached hydrogen (secondary N) is 1. The second kappa shape index (κ2) is 5.78. The molecular weight excluding hydrogens is 302 g/mol. The van der Waals surface area contributed by atoms with Crippen LogP contribution in [0.25, 0.3) is 0 Å². The Morgan fingerprint density at radius 3 is 2.58 bits per heavy atom. The number of aryl methyl sites for hydroxylation is 2. The number of halogens is 1. The van der Waals surface area contributed by atoms with Crippen LogP contribution in [-0.2, 0) is 6.54 Å². The molecule has 0 saturated carbocycles. The molecule has 0 fully saturated rings. The average Bonchev–Trinajstić information content (AvgIpc) is 2.67. The Morgan fingerprint density at radius 1 is 1.32 bits per heavy atom. The third-order valence-electron chi connectivity index (χ3n) is 3.42. The van der Waals surface area contributed by atoms with Crippen molar-refractivity contribution in [1.82, 2.24) is 9.78 Å². The number of para-hydroxylation sites is 1. The lowest BCUT2D eigenvalue weighted by Crippen LogP contribution is -2.09. The Bertz CT molecular complexity index is 575. The highest BCUT2D eigenvalue weighted by molar-refractivity contribution is 9.10. The highest BCUT2D eigenvalue weighted by atomic mass is 79.9. The van der Waals surface area contributed by atoms with E-state index in [4.69, 9.17) is 0 Å². The summed E-state index contributed by atoms with van der Waals surface area (Å²) in [5.74, 6) is 0. The van der Waals surface area contributed by atoms with Crippen LogP contribution in [0.15, 0.2) is 28.7 Å². The predicted octanol–water partition coefficient (Wildman–Crippen LogP) is 4.46. The van der Waals surface area contributed by atoms with Crippen LogP contribution in [-0.4, -0.2) is 9.78 Å². The third-order valence-corrected chi connectivity index (χ3v) is 4.11. The van der Waals surface area contributed by atoms with Crippen LogP contribution >= 0.6 is 15.9 Å². The molecule has 1 unspecified atom stereocenters. The normalized spacial score (nSPS) is 12.5. The van der Waals surface area contributed by atoms with Crippen molar-refractivity contribution >= 4 is 21.6 Å². The molecule has 0 radical (unpaired) electrons. The van der Waals surface area contributed by atoms with Crippen molar-refractivity contribution in [1.29, 1.82) is 0 Å². The molecule has 2 aromatic rings. The largest absolute Gasteiger partial charge is 0.377 e. The standard InChI is InChI=1S/C15H20BrN3/c1-5-19-12(4)15(11(3)18-19)10(2)17-14-9-7-6-8-13(14)16/h6-10,17H,5H2,1-4H3. The van der Waals surface area contributed by atoms with E-state index < -0.39 is 0 Å². The second-order valence-electron chi connectivity index (χ2n) is 4.75. The molecule has 102 valence electrons. The summed E-state index contributed by atoms with van der Waals surface area (Å²) in [7, 11) is 0. The van der Waals surface area contributed by atoms with E-state index in [-0.39, 0.29) is 6.04 Å². The van der Waals surface area contributed by atoms with Crippen molar-refractivity contribution in [2.24, 2.45) is 0 Å². The molecule has 0 amide bonds. The van der Waals surface area contributed by atoms with Crippen molar-refractivity contribution in [3.8, 4) is 0 Å². The molecule has 1 heterocycles. The van der Waals surface area contributed by atoms with Gasteiger partial charge in [-0.3, -0.25) is 4.68 Å². The molecule has 3 nitrogen and oxygen atoms in total. The maximum absolute atomic E-state index is 4.58. The first kappa shape index (κ1) is 14.1. The van der Waals surface area contributed by atoms with Crippen LogP contribution in [0.5, 0.6) is 0 Å². The van der Waals surface area contributed by atoms with Gasteiger partial charge in [-0.05, 0) is 55.8 Å². The zero-order chi connectivity index (χ0) is 14.0. The zero-order valence-corrected chi connectivity index (χ0v) is 13.5. The van der Waals surface area contributed by atoms with Crippen LogP contribution in [0.2, 0.25) is 0 Å². The quantitative estimate of drug-likeness (QED) is 0.901. The van der Waals surface area contributed by atoms with Gasteiger partial charge in [0, 0.05) is 28.0 Å². The molecule has 19 heavy (non-hydrogen) atoms. The van der Waals surface area contributed by atoms with Gasteiger partial charge in [0.15, 0.2) is 0 Å². The van der Waals surface area contributed by atoms with E-state index in [0.29, 0.717) is 0 Å². The second-order valence-corrected chi connectivity index (χ2v) is 5.60. The van der Waals surface area contributed by atoms with E-state index in [1.165, 1.54) is 11.3 Å². The van der Waals surface area contributed by atoms with Gasteiger partial charge in [-0.15, -0.1) is 0 Å². The number of hydrogen-bond donors (Lipinski definition) is 1. The molecule has 1 N–H and O–H groups in total. The fraction of sp³-hybridized carbons (Fsp3) is 0.400. The Balaban J connectivity index is 2.28. The Hall–Kier alpha value is -1.29. The van der Waals surface area contributed by atoms with Gasteiger partial charge in [0.05, 0.1) is 11.7 Å². The number of aromatic nitrogens is 2. The number of rotatable bonds is 4. The number of anilines is 1. The summed E-state index contributed by atoms with van der Waals surface area (Å²) in [6, 6.07) is 8.42. The summed E-state index contributed by atoms with van der Waals surface area (Å²) >= 11 is 3.57. The topological polar surface area (TPSA) is 29.9 Å². The molecule has 1 aromatic heterocycles. The lowest BCUT2D eigenvalue weighted by Gasteiger charge is -2.17. The van der Waals surface area contributed by atoms with E-state index in [0.717, 1.165) is 22.4 Å². The molecule has 1 atom stereocenters. The van der Waals surface area contributed by atoms with Gasteiger partial charge in [0.25, 0.3) is 0 Å². The van der Waals surface area contributed by atoms with Gasteiger partial charge in [0.1, 0.15) is 0 Å². The van der Waals surface area contributed by atoms with Crippen LogP contribution in [0, 0.1) is 13.8 Å². The molecule has 4 heteroatoms. The number of hydrogen-bond acceptors (Lipinski definition) is 2. The summed E-state index contributed by atoms with van der Waals surface area (Å²) < 4.78 is 3.14. The predicted molar refractivity (Wildman–Crippen MR) is 83.6 cm³/mol. The highest BCUT2D eigenvalue weighted by Crippen LogP contribution is 2.28. The van der Waals surface area contributed by atoms with E-state index >= 15 is 0 Å². The molecule has 0 aliphatic carbocycles. The van der Waals surface area contributed by atoms with Crippen LogP contribution < -0.4 is 5.32 Å². The van der Waals surface area contributed by atoms with Gasteiger partial charge in [-0.1, -0.05) is 12.1 Å². The van der Waals surface area contributed by atoms with Gasteiger partial charge in [0.2, 0.25) is 0 Å². The molecule has 0 aliphatic rings. The fourth-order valence-corrected chi connectivity index (χ4v) is 2.93. The maximum atomic E-state index is 4.58. The summed E-state index contributed by atoms with van der Waals surface area (Å²) in [6.45, 7) is 9.42. The van der Waals surface area contributed by atoms with Gasteiger partial charge < -0.3 is 5.32 Å². The van der Waals surface area contributed by atoms with Gasteiger partial charge in [-0.2, -0.15) is 5.10 Å². The van der Waals surface area contributed by atoms with Crippen molar-refractivity contribution in [3.63, 3.8) is 0 Å². The van der Waals surface area contributed by atoms with Crippen molar-refractivity contribution in [2.45, 2.75) is 40.3 Å². The minimum Gasteiger partial charge on any atom is -0.377 e. The summed E-state index contributed by atoms with van der Waals surface area (Å²) in [5, 5.41) is 8.12. The number of benzene rings is 1. The molecule has 2 rings (SSSR count). The fourth-order valence-electron chi connectivity index (χ4n) is 2.53. The van der Waals surface area contributed by atoms with Gasteiger partial charge in [-0.25, -0.2) is 0 Å². The monoisotopic (exact) mass is 321 g/mol. The SMILES string of the molecule is CCn1nc(C)c(C(C)Nc2ccccc2Br)c1C. The van der Waals surface area contributed by atoms with E-state index in [1.54, 1.807) is 0 Å². The van der Waals surface area contributed by atoms with Crippen LogP contribution in [0.1, 0.15) is 36.8 Å². The summed E-state index contributed by atoms with van der Waals surface area (Å²) in [5.41, 5.74) is 4.74. The van der Waals surface area contributed by atoms with E-state index in [1.807, 2.05) is 18.2 Å². The maximum Gasteiger partial charge on any atom is 0.0649 e. The first-order chi connectivity index (χ1) is 9.04. The highest BCUT2D eigenvalue weighted by Gasteiger charge is 2.17. The number of nitrogens with zero attached hydrogens (tertiary/aromatic N) is 2. The molecule has 1 aromatic carbocycles.